The summed E-state index contributed by atoms with van der Waals surface area (Å²) in [4.78, 5) is 69.1. The molecule has 9 aromatic heterocycles. The average Bonchev–Trinajstić information content (AvgIpc) is 1.68. The maximum atomic E-state index is 13.2. The molecule has 12 aromatic rings. The van der Waals surface area contributed by atoms with Gasteiger partial charge in [-0.1, -0.05) is 137 Å². The summed E-state index contributed by atoms with van der Waals surface area (Å²) in [5.41, 5.74) is 15.0. The summed E-state index contributed by atoms with van der Waals surface area (Å²) in [5.74, 6) is 1.70. The number of Topliss-reactive ketones (excluding diaryl/α,β-unsaturated/α-hetero) is 3. The van der Waals surface area contributed by atoms with Crippen molar-refractivity contribution in [3.05, 3.63) is 198 Å². The molecule has 3 unspecified atom stereocenters. The molecule has 15 rings (SSSR count). The number of aryl methyl sites for hydroxylation is 3. The standard InChI is InChI=1S/2C25H29N5OS.C19H21BrN2OS.C6H9N3/c2*1-3-4-7-17(10-18-12-26-21-9-6-5-8-20(18)21)11-23(31)24-14-27-25(32-24)30-15-19-13-28-29(2)22(19)16-30;1-2-3-6-13(10-17(23)18-12-22-19(20)24-18)9-14-11-21-16-8-5-4-7-15(14)16;1-9-6-4-7-2-5(6)3-8-9/h2*5-6,8-9,12-14,17,26H,3-4,7,10-11,15-16H2,1-2H3;4-5,7-8,11-13,21H,2-3,6,9-10H2,1H3;3,7H,2,4H2,1H3. The highest BCUT2D eigenvalue weighted by Crippen LogP contribution is 2.36. The molecule has 0 spiro atoms. The Balaban J connectivity index is 0.000000131. The number of thiazole rings is 3. The van der Waals surface area contributed by atoms with Gasteiger partial charge < -0.3 is 30.1 Å². The number of para-hydroxylation sites is 3. The second-order valence-electron chi connectivity index (χ2n) is 26.1. The molecule has 3 atom stereocenters. The van der Waals surface area contributed by atoms with E-state index in [0.717, 1.165) is 156 Å². The predicted octanol–water partition coefficient (Wildman–Crippen LogP) is 17.0. The van der Waals surface area contributed by atoms with Gasteiger partial charge in [0.1, 0.15) is 0 Å². The number of anilines is 2. The molecule has 3 aliphatic heterocycles. The molecule has 3 aromatic carbocycles. The van der Waals surface area contributed by atoms with E-state index in [1.54, 1.807) is 18.6 Å². The molecule has 506 valence electrons. The average molecular weight is 1420 g/mol. The summed E-state index contributed by atoms with van der Waals surface area (Å²) >= 11 is 7.81. The minimum Gasteiger partial charge on any atom is -0.361 e. The number of aromatic amines is 3. The van der Waals surface area contributed by atoms with Gasteiger partial charge in [0.25, 0.3) is 0 Å². The number of halogens is 1. The summed E-state index contributed by atoms with van der Waals surface area (Å²) in [6.45, 7) is 11.8. The number of ketones is 3. The molecule has 0 aliphatic carbocycles. The van der Waals surface area contributed by atoms with Crippen molar-refractivity contribution >= 4 is 110 Å². The summed E-state index contributed by atoms with van der Waals surface area (Å²) < 4.78 is 6.55. The number of carbonyl (C=O) groups is 3. The molecule has 0 amide bonds. The third kappa shape index (κ3) is 16.9. The fourth-order valence-electron chi connectivity index (χ4n) is 13.7. The van der Waals surface area contributed by atoms with Gasteiger partial charge in [-0.25, -0.2) is 15.0 Å². The van der Waals surface area contributed by atoms with Crippen LogP contribution in [0, 0.1) is 17.8 Å². The Morgan fingerprint density at radius 2 is 0.835 bits per heavy atom. The highest BCUT2D eigenvalue weighted by atomic mass is 79.9. The largest absolute Gasteiger partial charge is 0.361 e. The van der Waals surface area contributed by atoms with Crippen molar-refractivity contribution in [1.82, 2.24) is 64.6 Å². The third-order valence-electron chi connectivity index (χ3n) is 19.2. The van der Waals surface area contributed by atoms with Crippen LogP contribution >= 0.6 is 49.9 Å². The zero-order valence-electron chi connectivity index (χ0n) is 56.5. The first-order chi connectivity index (χ1) is 47.3. The predicted molar refractivity (Wildman–Crippen MR) is 396 cm³/mol. The topological polar surface area (TPSA) is 209 Å². The van der Waals surface area contributed by atoms with Crippen molar-refractivity contribution in [2.75, 3.05) is 9.80 Å². The highest BCUT2D eigenvalue weighted by molar-refractivity contribution is 9.11. The van der Waals surface area contributed by atoms with E-state index in [0.29, 0.717) is 37.0 Å². The SMILES string of the molecule is CCCCC(CC(=O)c1cnc(Br)s1)Cc1c[nH]c2ccccc12.CCCCC(CC(=O)c1cnc(N2Cc3cnn(C)c3C2)s1)Cc1c[nH]c2ccccc12.CCCCC(CC(=O)c1cnc(N2Cc3cnn(C)c3C2)s1)Cc1c[nH]c2ccccc12.Cn1ncc2c1CNC2. The van der Waals surface area contributed by atoms with E-state index in [9.17, 15) is 14.4 Å². The molecule has 4 N–H and O–H groups in total. The number of nitrogens with zero attached hydrogens (tertiary/aromatic N) is 11. The van der Waals surface area contributed by atoms with Gasteiger partial charge in [-0.15, -0.1) is 11.3 Å². The van der Waals surface area contributed by atoms with Crippen LogP contribution in [0.25, 0.3) is 32.7 Å². The Morgan fingerprint density at radius 3 is 1.21 bits per heavy atom. The fourth-order valence-corrected chi connectivity index (χ4v) is 16.7. The molecule has 97 heavy (non-hydrogen) atoms. The molecule has 0 radical (unpaired) electrons. The van der Waals surface area contributed by atoms with Gasteiger partial charge in [0.15, 0.2) is 31.5 Å². The smallest absolute Gasteiger partial charge is 0.186 e. The number of H-pyrrole nitrogens is 3. The number of hydrogen-bond acceptors (Lipinski definition) is 15. The molecular formula is C75H88BrN15O3S3. The van der Waals surface area contributed by atoms with Gasteiger partial charge >= 0.3 is 0 Å². The molecule has 18 nitrogen and oxygen atoms in total. The van der Waals surface area contributed by atoms with Crippen LogP contribution in [0.15, 0.2) is 132 Å². The fraction of sp³-hybridized carbons (Fsp3) is 0.400. The zero-order chi connectivity index (χ0) is 67.4. The first-order valence-electron chi connectivity index (χ1n) is 34.3. The van der Waals surface area contributed by atoms with Crippen molar-refractivity contribution in [3.8, 4) is 0 Å². The van der Waals surface area contributed by atoms with Crippen molar-refractivity contribution in [2.45, 2.75) is 156 Å². The number of benzene rings is 3. The van der Waals surface area contributed by atoms with Gasteiger partial charge in [-0.2, -0.15) is 15.3 Å². The van der Waals surface area contributed by atoms with Crippen LogP contribution in [0.1, 0.15) is 177 Å². The molecule has 12 heterocycles. The maximum Gasteiger partial charge on any atom is 0.186 e. The van der Waals surface area contributed by atoms with Crippen molar-refractivity contribution in [2.24, 2.45) is 38.9 Å². The zero-order valence-corrected chi connectivity index (χ0v) is 60.5. The number of hydrogen-bond donors (Lipinski definition) is 4. The summed E-state index contributed by atoms with van der Waals surface area (Å²) in [6.07, 6.45) is 32.0. The monoisotopic (exact) mass is 1420 g/mol. The molecular weight excluding hydrogens is 1340 g/mol. The quantitative estimate of drug-likeness (QED) is 0.0373. The molecule has 3 aliphatic rings. The van der Waals surface area contributed by atoms with Gasteiger partial charge in [-0.3, -0.25) is 28.4 Å². The Labute approximate surface area is 587 Å². The van der Waals surface area contributed by atoms with E-state index >= 15 is 0 Å². The van der Waals surface area contributed by atoms with Crippen LogP contribution in [0.4, 0.5) is 10.3 Å². The van der Waals surface area contributed by atoms with Crippen LogP contribution in [-0.4, -0.2) is 76.6 Å². The summed E-state index contributed by atoms with van der Waals surface area (Å²) in [7, 11) is 5.93. The Morgan fingerprint density at radius 1 is 0.464 bits per heavy atom. The van der Waals surface area contributed by atoms with Crippen LogP contribution < -0.4 is 15.1 Å². The van der Waals surface area contributed by atoms with Crippen LogP contribution in [0.2, 0.25) is 0 Å². The third-order valence-corrected chi connectivity index (χ3v) is 22.9. The minimum absolute atomic E-state index is 0.208. The second-order valence-corrected chi connectivity index (χ2v) is 30.5. The van der Waals surface area contributed by atoms with Crippen LogP contribution in [0.3, 0.4) is 0 Å². The van der Waals surface area contributed by atoms with Crippen molar-refractivity contribution in [3.63, 3.8) is 0 Å². The number of fused-ring (bicyclic) bond motifs is 6. The minimum atomic E-state index is 0.208. The number of nitrogens with one attached hydrogen (secondary N) is 4. The van der Waals surface area contributed by atoms with E-state index in [-0.39, 0.29) is 17.3 Å². The van der Waals surface area contributed by atoms with Gasteiger partial charge in [0, 0.05) is 135 Å². The van der Waals surface area contributed by atoms with Crippen molar-refractivity contribution < 1.29 is 14.4 Å². The van der Waals surface area contributed by atoms with Crippen LogP contribution in [0.5, 0.6) is 0 Å². The normalized spacial score (nSPS) is 14.0. The Bertz CT molecular complexity index is 4400. The Hall–Kier alpha value is -8.15. The van der Waals surface area contributed by atoms with Gasteiger partial charge in [-0.05, 0) is 107 Å². The van der Waals surface area contributed by atoms with Gasteiger partial charge in [0.2, 0.25) is 0 Å². The van der Waals surface area contributed by atoms with Crippen LogP contribution in [-0.2, 0) is 79.7 Å². The Kier molecular flexibility index (Phi) is 23.0. The number of aromatic nitrogens is 12. The number of carbonyl (C=O) groups excluding carboxylic acids is 3. The first-order valence-corrected chi connectivity index (χ1v) is 37.5. The molecule has 22 heteroatoms. The van der Waals surface area contributed by atoms with Gasteiger partial charge in [0.05, 0.1) is 82.0 Å². The maximum absolute atomic E-state index is 13.2. The van der Waals surface area contributed by atoms with E-state index in [2.05, 4.69) is 182 Å². The lowest BCUT2D eigenvalue weighted by Crippen LogP contribution is -2.15. The molecule has 0 saturated heterocycles. The van der Waals surface area contributed by atoms with E-state index in [1.807, 2.05) is 59.8 Å². The molecule has 0 bridgehead atoms. The highest BCUT2D eigenvalue weighted by Gasteiger charge is 2.29. The second kappa shape index (κ2) is 32.5. The lowest BCUT2D eigenvalue weighted by Gasteiger charge is -2.15. The first kappa shape index (κ1) is 68.8. The van der Waals surface area contributed by atoms with E-state index in [4.69, 9.17) is 0 Å². The van der Waals surface area contributed by atoms with Crippen molar-refractivity contribution in [1.29, 1.82) is 0 Å². The summed E-state index contributed by atoms with van der Waals surface area (Å²) in [5, 5.41) is 21.7. The lowest BCUT2D eigenvalue weighted by atomic mass is 9.89. The number of rotatable bonds is 26. The molecule has 0 fully saturated rings. The van der Waals surface area contributed by atoms with E-state index < -0.39 is 0 Å². The lowest BCUT2D eigenvalue weighted by molar-refractivity contribution is 0.0953. The summed E-state index contributed by atoms with van der Waals surface area (Å²) in [6, 6.07) is 25.2. The van der Waals surface area contributed by atoms with E-state index in [1.165, 1.54) is 106 Å². The molecule has 0 saturated carbocycles. The number of unbranched alkanes of at least 4 members (excludes halogenated alkanes) is 3.